The molecular formula is C19H20FN5O2. The average molecular weight is 369 g/mol. The Balaban J connectivity index is 1.71. The zero-order valence-corrected chi connectivity index (χ0v) is 15.4. The fraction of sp³-hybridized carbons (Fsp3) is 0.316. The van der Waals surface area contributed by atoms with Crippen molar-refractivity contribution >= 4 is 5.78 Å². The van der Waals surface area contributed by atoms with Crippen LogP contribution in [0.2, 0.25) is 0 Å². The van der Waals surface area contributed by atoms with Gasteiger partial charge in [-0.3, -0.25) is 9.78 Å². The predicted octanol–water partition coefficient (Wildman–Crippen LogP) is 3.22. The molecule has 140 valence electrons. The second kappa shape index (κ2) is 8.03. The summed E-state index contributed by atoms with van der Waals surface area (Å²) in [5, 5.41) is 8.06. The number of pyridine rings is 2. The third-order valence-corrected chi connectivity index (χ3v) is 3.92. The molecule has 0 aliphatic heterocycles. The number of hydrogen-bond acceptors (Lipinski definition) is 6. The van der Waals surface area contributed by atoms with E-state index in [1.165, 1.54) is 18.3 Å². The zero-order valence-electron chi connectivity index (χ0n) is 15.4. The molecule has 0 radical (unpaired) electrons. The maximum atomic E-state index is 13.1. The highest BCUT2D eigenvalue weighted by atomic mass is 19.1. The third kappa shape index (κ3) is 4.52. The summed E-state index contributed by atoms with van der Waals surface area (Å²) in [6.07, 6.45) is 3.13. The first-order valence-corrected chi connectivity index (χ1v) is 8.56. The van der Waals surface area contributed by atoms with E-state index in [2.05, 4.69) is 20.3 Å². The van der Waals surface area contributed by atoms with Gasteiger partial charge in [0.15, 0.2) is 5.78 Å². The van der Waals surface area contributed by atoms with Gasteiger partial charge in [0.25, 0.3) is 0 Å². The Morgan fingerprint density at radius 2 is 2.00 bits per heavy atom. The third-order valence-electron chi connectivity index (χ3n) is 3.92. The first kappa shape index (κ1) is 18.6. The second-order valence-corrected chi connectivity index (χ2v) is 6.56. The summed E-state index contributed by atoms with van der Waals surface area (Å²) < 4.78 is 20.4. The molecular weight excluding hydrogens is 349 g/mol. The molecule has 0 spiro atoms. The van der Waals surface area contributed by atoms with Crippen molar-refractivity contribution in [1.29, 1.82) is 0 Å². The van der Waals surface area contributed by atoms with Gasteiger partial charge in [0.1, 0.15) is 23.8 Å². The van der Waals surface area contributed by atoms with Crippen LogP contribution in [-0.2, 0) is 13.7 Å². The highest BCUT2D eigenvalue weighted by Crippen LogP contribution is 2.20. The van der Waals surface area contributed by atoms with E-state index < -0.39 is 5.82 Å². The van der Waals surface area contributed by atoms with Crippen LogP contribution in [0.3, 0.4) is 0 Å². The lowest BCUT2D eigenvalue weighted by Crippen LogP contribution is -2.07. The van der Waals surface area contributed by atoms with Gasteiger partial charge in [-0.05, 0) is 24.1 Å². The molecule has 0 bridgehead atoms. The van der Waals surface area contributed by atoms with E-state index in [0.717, 1.165) is 6.20 Å². The molecule has 0 aliphatic rings. The number of aryl methyl sites for hydroxylation is 1. The standard InChI is InChI=1S/C19H20FN5O2/c1-12(2)8-17(26)13-4-7-18(22-9-13)27-11-16-19(23-24-25(16)3)15-6-5-14(20)10-21-15/h4-7,9-10,12H,8,11H2,1-3H3. The summed E-state index contributed by atoms with van der Waals surface area (Å²) in [4.78, 5) is 20.3. The normalized spacial score (nSPS) is 11.0. The summed E-state index contributed by atoms with van der Waals surface area (Å²) >= 11 is 0. The SMILES string of the molecule is CC(C)CC(=O)c1ccc(OCc2c(-c3ccc(F)cn3)nnn2C)nc1. The number of aromatic nitrogens is 5. The first-order valence-electron chi connectivity index (χ1n) is 8.56. The maximum absolute atomic E-state index is 13.1. The lowest BCUT2D eigenvalue weighted by atomic mass is 10.0. The highest BCUT2D eigenvalue weighted by Gasteiger charge is 2.15. The van der Waals surface area contributed by atoms with E-state index in [-0.39, 0.29) is 12.4 Å². The number of rotatable bonds is 7. The van der Waals surface area contributed by atoms with Gasteiger partial charge < -0.3 is 4.74 Å². The number of carbonyl (C=O) groups excluding carboxylic acids is 1. The van der Waals surface area contributed by atoms with Gasteiger partial charge in [-0.15, -0.1) is 5.10 Å². The van der Waals surface area contributed by atoms with Crippen molar-refractivity contribution in [2.24, 2.45) is 13.0 Å². The first-order chi connectivity index (χ1) is 12.9. The molecule has 0 fully saturated rings. The van der Waals surface area contributed by atoms with Crippen LogP contribution in [0.5, 0.6) is 5.88 Å². The van der Waals surface area contributed by atoms with Gasteiger partial charge in [0.2, 0.25) is 5.88 Å². The van der Waals surface area contributed by atoms with Gasteiger partial charge in [0.05, 0.1) is 11.9 Å². The number of hydrogen-bond donors (Lipinski definition) is 0. The number of ether oxygens (including phenoxy) is 1. The van der Waals surface area contributed by atoms with Crippen LogP contribution in [0, 0.1) is 11.7 Å². The van der Waals surface area contributed by atoms with E-state index in [1.54, 1.807) is 23.9 Å². The van der Waals surface area contributed by atoms with Crippen molar-refractivity contribution in [2.75, 3.05) is 0 Å². The molecule has 0 amide bonds. The maximum Gasteiger partial charge on any atom is 0.213 e. The Morgan fingerprint density at radius 1 is 1.19 bits per heavy atom. The van der Waals surface area contributed by atoms with E-state index in [1.807, 2.05) is 13.8 Å². The topological polar surface area (TPSA) is 82.8 Å². The van der Waals surface area contributed by atoms with Crippen LogP contribution in [0.15, 0.2) is 36.7 Å². The lowest BCUT2D eigenvalue weighted by molar-refractivity contribution is 0.0967. The number of Topliss-reactive ketones (excluding diaryl/α,β-unsaturated/α-hetero) is 1. The van der Waals surface area contributed by atoms with Crippen LogP contribution >= 0.6 is 0 Å². The Bertz CT molecular complexity index is 920. The minimum absolute atomic E-state index is 0.0598. The molecule has 3 heterocycles. The lowest BCUT2D eigenvalue weighted by Gasteiger charge is -2.08. The van der Waals surface area contributed by atoms with E-state index in [9.17, 15) is 9.18 Å². The fourth-order valence-electron chi connectivity index (χ4n) is 2.52. The van der Waals surface area contributed by atoms with E-state index in [4.69, 9.17) is 4.74 Å². The quantitative estimate of drug-likeness (QED) is 0.595. The van der Waals surface area contributed by atoms with E-state index >= 15 is 0 Å². The number of nitrogens with zero attached hydrogens (tertiary/aromatic N) is 5. The molecule has 3 aromatic rings. The molecule has 0 saturated heterocycles. The molecule has 0 aromatic carbocycles. The van der Waals surface area contributed by atoms with Crippen molar-refractivity contribution in [2.45, 2.75) is 26.9 Å². The Morgan fingerprint density at radius 3 is 2.63 bits per heavy atom. The van der Waals surface area contributed by atoms with Crippen molar-refractivity contribution in [1.82, 2.24) is 25.0 Å². The molecule has 8 heteroatoms. The molecule has 3 rings (SSSR count). The molecule has 27 heavy (non-hydrogen) atoms. The Hall–Kier alpha value is -3.16. The van der Waals surface area contributed by atoms with Gasteiger partial charge in [0, 0.05) is 31.3 Å². The molecule has 7 nitrogen and oxygen atoms in total. The minimum atomic E-state index is -0.420. The summed E-state index contributed by atoms with van der Waals surface area (Å²) in [5.41, 5.74) is 2.26. The van der Waals surface area contributed by atoms with Crippen LogP contribution in [-0.4, -0.2) is 30.7 Å². The fourth-order valence-corrected chi connectivity index (χ4v) is 2.52. The zero-order chi connectivity index (χ0) is 19.4. The average Bonchev–Trinajstić information content (AvgIpc) is 3.01. The monoisotopic (exact) mass is 369 g/mol. The Labute approximate surface area is 156 Å². The number of ketones is 1. The van der Waals surface area contributed by atoms with Gasteiger partial charge in [-0.2, -0.15) is 0 Å². The van der Waals surface area contributed by atoms with Crippen LogP contribution in [0.25, 0.3) is 11.4 Å². The highest BCUT2D eigenvalue weighted by molar-refractivity contribution is 5.95. The summed E-state index contributed by atoms with van der Waals surface area (Å²) in [6.45, 7) is 4.15. The molecule has 0 unspecified atom stereocenters. The van der Waals surface area contributed by atoms with Crippen molar-refractivity contribution in [3.63, 3.8) is 0 Å². The minimum Gasteiger partial charge on any atom is -0.471 e. The number of halogens is 1. The smallest absolute Gasteiger partial charge is 0.213 e. The van der Waals surface area contributed by atoms with Gasteiger partial charge in [-0.25, -0.2) is 14.1 Å². The predicted molar refractivity (Wildman–Crippen MR) is 96.5 cm³/mol. The largest absolute Gasteiger partial charge is 0.471 e. The summed E-state index contributed by atoms with van der Waals surface area (Å²) in [7, 11) is 1.74. The van der Waals surface area contributed by atoms with Crippen molar-refractivity contribution in [3.05, 3.63) is 53.7 Å². The van der Waals surface area contributed by atoms with Crippen LogP contribution in [0.4, 0.5) is 4.39 Å². The summed E-state index contributed by atoms with van der Waals surface area (Å²) in [6, 6.07) is 6.22. The second-order valence-electron chi connectivity index (χ2n) is 6.56. The molecule has 0 atom stereocenters. The number of carbonyl (C=O) groups is 1. The van der Waals surface area contributed by atoms with E-state index in [0.29, 0.717) is 40.9 Å². The van der Waals surface area contributed by atoms with Crippen molar-refractivity contribution < 1.29 is 13.9 Å². The van der Waals surface area contributed by atoms with Gasteiger partial charge in [-0.1, -0.05) is 19.1 Å². The van der Waals surface area contributed by atoms with Gasteiger partial charge >= 0.3 is 0 Å². The molecule has 0 saturated carbocycles. The van der Waals surface area contributed by atoms with Crippen molar-refractivity contribution in [3.8, 4) is 17.3 Å². The van der Waals surface area contributed by atoms with Crippen LogP contribution in [0.1, 0.15) is 36.3 Å². The van der Waals surface area contributed by atoms with Crippen LogP contribution < -0.4 is 4.74 Å². The Kier molecular flexibility index (Phi) is 5.54. The summed E-state index contributed by atoms with van der Waals surface area (Å²) in [5.74, 6) is 0.320. The molecule has 3 aromatic heterocycles. The molecule has 0 aliphatic carbocycles. The molecule has 0 N–H and O–H groups in total.